The fourth-order valence-corrected chi connectivity index (χ4v) is 2.32. The number of carbonyl (C=O) groups is 1. The average Bonchev–Trinajstić information content (AvgIpc) is 2.76. The van der Waals surface area contributed by atoms with Gasteiger partial charge in [-0.1, -0.05) is 24.3 Å². The van der Waals surface area contributed by atoms with Crippen LogP contribution < -0.4 is 4.74 Å². The quantitative estimate of drug-likeness (QED) is 0.781. The molecule has 3 heteroatoms. The minimum absolute atomic E-state index is 0.0791. The first-order valence-electron chi connectivity index (χ1n) is 6.25. The van der Waals surface area contributed by atoms with Gasteiger partial charge in [0.2, 0.25) is 0 Å². The van der Waals surface area contributed by atoms with E-state index >= 15 is 0 Å². The standard InChI is InChI=1S/C16H14O3/c1-11-15-9-13(19-12-5-3-2-4-6-12)7-8-14(15)16(10-17)18-11/h2-11,16H,1H3. The highest BCUT2D eigenvalue weighted by Gasteiger charge is 2.28. The number of rotatable bonds is 3. The van der Waals surface area contributed by atoms with Gasteiger partial charge >= 0.3 is 0 Å². The highest BCUT2D eigenvalue weighted by Crippen LogP contribution is 2.40. The van der Waals surface area contributed by atoms with Crippen molar-refractivity contribution in [1.82, 2.24) is 0 Å². The van der Waals surface area contributed by atoms with Crippen LogP contribution in [-0.4, -0.2) is 6.29 Å². The number of para-hydroxylation sites is 1. The van der Waals surface area contributed by atoms with E-state index in [2.05, 4.69) is 0 Å². The van der Waals surface area contributed by atoms with E-state index in [-0.39, 0.29) is 6.10 Å². The SMILES string of the molecule is CC1OC(C=O)c2ccc(Oc3ccccc3)cc21. The van der Waals surface area contributed by atoms with Crippen molar-refractivity contribution in [3.63, 3.8) is 0 Å². The Morgan fingerprint density at radius 3 is 2.58 bits per heavy atom. The summed E-state index contributed by atoms with van der Waals surface area (Å²) in [6.07, 6.45) is 0.306. The van der Waals surface area contributed by atoms with Crippen molar-refractivity contribution >= 4 is 6.29 Å². The van der Waals surface area contributed by atoms with Gasteiger partial charge in [-0.15, -0.1) is 0 Å². The Morgan fingerprint density at radius 1 is 1.05 bits per heavy atom. The fourth-order valence-electron chi connectivity index (χ4n) is 2.32. The largest absolute Gasteiger partial charge is 0.457 e. The molecular formula is C16H14O3. The van der Waals surface area contributed by atoms with E-state index in [4.69, 9.17) is 9.47 Å². The molecule has 0 aromatic heterocycles. The van der Waals surface area contributed by atoms with E-state index in [1.54, 1.807) is 0 Å². The second-order valence-corrected chi connectivity index (χ2v) is 4.54. The zero-order valence-electron chi connectivity index (χ0n) is 10.6. The topological polar surface area (TPSA) is 35.5 Å². The molecule has 3 rings (SSSR count). The van der Waals surface area contributed by atoms with Gasteiger partial charge in [0.1, 0.15) is 17.6 Å². The summed E-state index contributed by atoms with van der Waals surface area (Å²) in [5.74, 6) is 1.55. The van der Waals surface area contributed by atoms with Gasteiger partial charge in [-0.3, -0.25) is 0 Å². The van der Waals surface area contributed by atoms with E-state index in [9.17, 15) is 4.79 Å². The van der Waals surface area contributed by atoms with Crippen LogP contribution in [0.1, 0.15) is 30.3 Å². The lowest BCUT2D eigenvalue weighted by atomic mass is 10.0. The summed E-state index contributed by atoms with van der Waals surface area (Å²) in [6, 6.07) is 15.3. The van der Waals surface area contributed by atoms with E-state index in [1.165, 1.54) is 0 Å². The van der Waals surface area contributed by atoms with Gasteiger partial charge in [-0.2, -0.15) is 0 Å². The van der Waals surface area contributed by atoms with Gasteiger partial charge in [0, 0.05) is 0 Å². The van der Waals surface area contributed by atoms with Crippen LogP contribution in [0.2, 0.25) is 0 Å². The molecule has 1 aliphatic rings. The third-order valence-electron chi connectivity index (χ3n) is 3.26. The second kappa shape index (κ2) is 4.86. The monoisotopic (exact) mass is 254 g/mol. The summed E-state index contributed by atoms with van der Waals surface area (Å²) in [6.45, 7) is 1.94. The summed E-state index contributed by atoms with van der Waals surface area (Å²) in [5, 5.41) is 0. The number of benzene rings is 2. The molecule has 2 atom stereocenters. The molecule has 0 amide bonds. The molecular weight excluding hydrogens is 240 g/mol. The van der Waals surface area contributed by atoms with Crippen molar-refractivity contribution in [2.75, 3.05) is 0 Å². The molecule has 2 aromatic rings. The summed E-state index contributed by atoms with van der Waals surface area (Å²) in [5.41, 5.74) is 1.95. The third kappa shape index (κ3) is 2.25. The van der Waals surface area contributed by atoms with E-state index < -0.39 is 6.10 Å². The molecule has 0 bridgehead atoms. The van der Waals surface area contributed by atoms with Gasteiger partial charge in [-0.25, -0.2) is 0 Å². The average molecular weight is 254 g/mol. The van der Waals surface area contributed by atoms with E-state index in [0.29, 0.717) is 0 Å². The second-order valence-electron chi connectivity index (χ2n) is 4.54. The highest BCUT2D eigenvalue weighted by atomic mass is 16.5. The molecule has 0 saturated heterocycles. The Hall–Kier alpha value is -2.13. The Morgan fingerprint density at radius 2 is 1.84 bits per heavy atom. The molecule has 1 heterocycles. The van der Waals surface area contributed by atoms with Crippen LogP contribution in [-0.2, 0) is 9.53 Å². The van der Waals surface area contributed by atoms with Crippen LogP contribution >= 0.6 is 0 Å². The predicted octanol–water partition coefficient (Wildman–Crippen LogP) is 3.81. The Kier molecular flexibility index (Phi) is 3.05. The fraction of sp³-hybridized carbons (Fsp3) is 0.188. The third-order valence-corrected chi connectivity index (χ3v) is 3.26. The number of carbonyl (C=O) groups excluding carboxylic acids is 1. The summed E-state index contributed by atoms with van der Waals surface area (Å²) in [4.78, 5) is 10.9. The van der Waals surface area contributed by atoms with Crippen molar-refractivity contribution in [2.24, 2.45) is 0 Å². The van der Waals surface area contributed by atoms with E-state index in [0.717, 1.165) is 28.9 Å². The van der Waals surface area contributed by atoms with Gasteiger partial charge in [0.15, 0.2) is 6.29 Å². The molecule has 2 unspecified atom stereocenters. The lowest BCUT2D eigenvalue weighted by Crippen LogP contribution is -1.96. The first kappa shape index (κ1) is 11.9. The summed E-state index contributed by atoms with van der Waals surface area (Å²) in [7, 11) is 0. The summed E-state index contributed by atoms with van der Waals surface area (Å²) < 4.78 is 11.3. The maximum atomic E-state index is 10.9. The maximum Gasteiger partial charge on any atom is 0.153 e. The number of hydrogen-bond donors (Lipinski definition) is 0. The molecule has 1 aliphatic heterocycles. The van der Waals surface area contributed by atoms with Gasteiger partial charge in [0.25, 0.3) is 0 Å². The molecule has 0 fully saturated rings. The Bertz CT molecular complexity index is 592. The number of ether oxygens (including phenoxy) is 2. The van der Waals surface area contributed by atoms with Crippen LogP contribution in [0, 0.1) is 0 Å². The van der Waals surface area contributed by atoms with Crippen molar-refractivity contribution in [1.29, 1.82) is 0 Å². The summed E-state index contributed by atoms with van der Waals surface area (Å²) >= 11 is 0. The predicted molar refractivity (Wildman–Crippen MR) is 71.3 cm³/mol. The molecule has 0 radical (unpaired) electrons. The number of fused-ring (bicyclic) bond motifs is 1. The number of hydrogen-bond acceptors (Lipinski definition) is 3. The maximum absolute atomic E-state index is 10.9. The molecule has 2 aromatic carbocycles. The molecule has 0 saturated carbocycles. The normalized spacial score (nSPS) is 20.9. The first-order chi connectivity index (χ1) is 9.28. The molecule has 0 aliphatic carbocycles. The molecule has 96 valence electrons. The van der Waals surface area contributed by atoms with E-state index in [1.807, 2.05) is 55.5 Å². The molecule has 19 heavy (non-hydrogen) atoms. The lowest BCUT2D eigenvalue weighted by molar-refractivity contribution is -0.119. The van der Waals surface area contributed by atoms with Crippen LogP contribution in [0.4, 0.5) is 0 Å². The van der Waals surface area contributed by atoms with Crippen LogP contribution in [0.5, 0.6) is 11.5 Å². The minimum Gasteiger partial charge on any atom is -0.457 e. The van der Waals surface area contributed by atoms with Crippen molar-refractivity contribution in [3.8, 4) is 11.5 Å². The van der Waals surface area contributed by atoms with Gasteiger partial charge in [-0.05, 0) is 42.3 Å². The van der Waals surface area contributed by atoms with Gasteiger partial charge in [0.05, 0.1) is 6.10 Å². The highest BCUT2D eigenvalue weighted by molar-refractivity contribution is 5.63. The van der Waals surface area contributed by atoms with Crippen molar-refractivity contribution in [2.45, 2.75) is 19.1 Å². The smallest absolute Gasteiger partial charge is 0.153 e. The van der Waals surface area contributed by atoms with Gasteiger partial charge < -0.3 is 14.3 Å². The lowest BCUT2D eigenvalue weighted by Gasteiger charge is -2.08. The molecule has 0 N–H and O–H groups in total. The zero-order chi connectivity index (χ0) is 13.2. The Balaban J connectivity index is 1.90. The van der Waals surface area contributed by atoms with Crippen molar-refractivity contribution < 1.29 is 14.3 Å². The minimum atomic E-state index is -0.448. The number of aldehydes is 1. The Labute approximate surface area is 111 Å². The van der Waals surface area contributed by atoms with Crippen LogP contribution in [0.3, 0.4) is 0 Å². The zero-order valence-corrected chi connectivity index (χ0v) is 10.6. The molecule has 3 nitrogen and oxygen atoms in total. The molecule has 0 spiro atoms. The van der Waals surface area contributed by atoms with Crippen molar-refractivity contribution in [3.05, 3.63) is 59.7 Å². The first-order valence-corrected chi connectivity index (χ1v) is 6.25. The van der Waals surface area contributed by atoms with Crippen LogP contribution in [0.25, 0.3) is 0 Å². The van der Waals surface area contributed by atoms with Crippen LogP contribution in [0.15, 0.2) is 48.5 Å².